The predicted octanol–water partition coefficient (Wildman–Crippen LogP) is 4.28. The third-order valence-electron chi connectivity index (χ3n) is 3.57. The zero-order valence-corrected chi connectivity index (χ0v) is 13.2. The Balaban J connectivity index is 2.05. The quantitative estimate of drug-likeness (QED) is 0.865. The second-order valence-corrected chi connectivity index (χ2v) is 5.15. The molecule has 2 aromatic carbocycles. The Kier molecular flexibility index (Phi) is 5.42. The van der Waals surface area contributed by atoms with Crippen LogP contribution in [0, 0.1) is 6.92 Å². The van der Waals surface area contributed by atoms with E-state index in [1.807, 2.05) is 56.3 Å². The summed E-state index contributed by atoms with van der Waals surface area (Å²) in [5.74, 6) is 0.854. The van der Waals surface area contributed by atoms with Crippen LogP contribution < -0.4 is 15.4 Å². The molecule has 0 heterocycles. The van der Waals surface area contributed by atoms with E-state index >= 15 is 0 Å². The van der Waals surface area contributed by atoms with Crippen LogP contribution in [0.15, 0.2) is 48.5 Å². The van der Waals surface area contributed by atoms with E-state index in [1.54, 1.807) is 7.11 Å². The smallest absolute Gasteiger partial charge is 0.319 e. The summed E-state index contributed by atoms with van der Waals surface area (Å²) in [6.45, 7) is 4.05. The molecule has 2 rings (SSSR count). The van der Waals surface area contributed by atoms with Crippen molar-refractivity contribution in [3.05, 3.63) is 59.7 Å². The molecule has 2 amide bonds. The SMILES string of the molecule is CC[C@H](NC(=O)Nc1ccccc1)c1ccc(OC)c(C)c1. The van der Waals surface area contributed by atoms with Crippen LogP contribution in [0.3, 0.4) is 0 Å². The number of hydrogen-bond donors (Lipinski definition) is 2. The summed E-state index contributed by atoms with van der Waals surface area (Å²) < 4.78 is 5.27. The molecule has 0 aliphatic heterocycles. The molecule has 2 aromatic rings. The lowest BCUT2D eigenvalue weighted by Crippen LogP contribution is -2.32. The molecule has 4 heteroatoms. The molecule has 0 saturated heterocycles. The maximum Gasteiger partial charge on any atom is 0.319 e. The fourth-order valence-electron chi connectivity index (χ4n) is 2.39. The molecule has 0 radical (unpaired) electrons. The highest BCUT2D eigenvalue weighted by molar-refractivity contribution is 5.89. The van der Waals surface area contributed by atoms with E-state index in [0.29, 0.717) is 0 Å². The summed E-state index contributed by atoms with van der Waals surface area (Å²) in [5.41, 5.74) is 2.91. The molecule has 0 bridgehead atoms. The minimum absolute atomic E-state index is 0.0340. The molecular weight excluding hydrogens is 276 g/mol. The maximum atomic E-state index is 12.1. The van der Waals surface area contributed by atoms with Crippen LogP contribution in [-0.2, 0) is 0 Å². The Morgan fingerprint density at radius 3 is 2.50 bits per heavy atom. The van der Waals surface area contributed by atoms with Gasteiger partial charge in [0.25, 0.3) is 0 Å². The van der Waals surface area contributed by atoms with Gasteiger partial charge in [-0.05, 0) is 42.7 Å². The number of nitrogens with one attached hydrogen (secondary N) is 2. The second-order valence-electron chi connectivity index (χ2n) is 5.15. The summed E-state index contributed by atoms with van der Waals surface area (Å²) in [5, 5.41) is 5.84. The average molecular weight is 298 g/mol. The fourth-order valence-corrected chi connectivity index (χ4v) is 2.39. The average Bonchev–Trinajstić information content (AvgIpc) is 2.53. The first kappa shape index (κ1) is 15.9. The van der Waals surface area contributed by atoms with Crippen LogP contribution in [0.4, 0.5) is 10.5 Å². The van der Waals surface area contributed by atoms with Crippen molar-refractivity contribution in [2.45, 2.75) is 26.3 Å². The van der Waals surface area contributed by atoms with Crippen LogP contribution in [0.5, 0.6) is 5.75 Å². The highest BCUT2D eigenvalue weighted by Crippen LogP contribution is 2.24. The molecule has 0 aliphatic rings. The van der Waals surface area contributed by atoms with E-state index in [1.165, 1.54) is 0 Å². The first-order chi connectivity index (χ1) is 10.6. The Labute approximate surface area is 131 Å². The Hall–Kier alpha value is -2.49. The van der Waals surface area contributed by atoms with Gasteiger partial charge >= 0.3 is 6.03 Å². The van der Waals surface area contributed by atoms with Crippen LogP contribution in [0.2, 0.25) is 0 Å². The number of hydrogen-bond acceptors (Lipinski definition) is 2. The standard InChI is InChI=1S/C18H22N2O2/c1-4-16(14-10-11-17(22-3)13(2)12-14)20-18(21)19-15-8-6-5-7-9-15/h5-12,16H,4H2,1-3H3,(H2,19,20,21)/t16-/m0/s1. The molecule has 0 spiro atoms. The molecule has 4 nitrogen and oxygen atoms in total. The van der Waals surface area contributed by atoms with Gasteiger partial charge in [-0.3, -0.25) is 0 Å². The van der Waals surface area contributed by atoms with Gasteiger partial charge in [0.1, 0.15) is 5.75 Å². The third-order valence-corrected chi connectivity index (χ3v) is 3.57. The summed E-state index contributed by atoms with van der Waals surface area (Å²) in [6, 6.07) is 15.1. The minimum atomic E-state index is -0.202. The summed E-state index contributed by atoms with van der Waals surface area (Å²) in [7, 11) is 1.66. The highest BCUT2D eigenvalue weighted by Gasteiger charge is 2.14. The van der Waals surface area contributed by atoms with E-state index in [4.69, 9.17) is 4.74 Å². The van der Waals surface area contributed by atoms with Crippen molar-refractivity contribution in [3.8, 4) is 5.75 Å². The first-order valence-corrected chi connectivity index (χ1v) is 7.41. The van der Waals surface area contributed by atoms with Gasteiger partial charge in [0, 0.05) is 5.69 Å². The number of aryl methyl sites for hydroxylation is 1. The molecule has 1 atom stereocenters. The Bertz CT molecular complexity index is 626. The maximum absolute atomic E-state index is 12.1. The summed E-state index contributed by atoms with van der Waals surface area (Å²) in [4.78, 5) is 12.1. The van der Waals surface area contributed by atoms with Gasteiger partial charge in [0.05, 0.1) is 13.2 Å². The lowest BCUT2D eigenvalue weighted by molar-refractivity contribution is 0.248. The van der Waals surface area contributed by atoms with Crippen molar-refractivity contribution >= 4 is 11.7 Å². The second kappa shape index (κ2) is 7.50. The van der Waals surface area contributed by atoms with Gasteiger partial charge in [-0.15, -0.1) is 0 Å². The van der Waals surface area contributed by atoms with Crippen molar-refractivity contribution in [3.63, 3.8) is 0 Å². The monoisotopic (exact) mass is 298 g/mol. The lowest BCUT2D eigenvalue weighted by atomic mass is 10.0. The highest BCUT2D eigenvalue weighted by atomic mass is 16.5. The van der Waals surface area contributed by atoms with Crippen molar-refractivity contribution in [1.82, 2.24) is 5.32 Å². The number of para-hydroxylation sites is 1. The van der Waals surface area contributed by atoms with E-state index in [0.717, 1.165) is 29.0 Å². The number of anilines is 1. The molecule has 0 fully saturated rings. The van der Waals surface area contributed by atoms with Crippen LogP contribution in [-0.4, -0.2) is 13.1 Å². The number of benzene rings is 2. The van der Waals surface area contributed by atoms with Crippen LogP contribution in [0.1, 0.15) is 30.5 Å². The predicted molar refractivity (Wildman–Crippen MR) is 89.4 cm³/mol. The molecule has 0 unspecified atom stereocenters. The van der Waals surface area contributed by atoms with Gasteiger partial charge in [0.2, 0.25) is 0 Å². The molecule has 0 saturated carbocycles. The van der Waals surface area contributed by atoms with Crippen LogP contribution >= 0.6 is 0 Å². The molecular formula is C18H22N2O2. The van der Waals surface area contributed by atoms with E-state index in [9.17, 15) is 4.79 Å². The summed E-state index contributed by atoms with van der Waals surface area (Å²) >= 11 is 0. The van der Waals surface area contributed by atoms with E-state index < -0.39 is 0 Å². The normalized spacial score (nSPS) is 11.6. The number of carbonyl (C=O) groups excluding carboxylic acids is 1. The molecule has 0 aromatic heterocycles. The number of amides is 2. The lowest BCUT2D eigenvalue weighted by Gasteiger charge is -2.19. The van der Waals surface area contributed by atoms with Crippen molar-refractivity contribution in [2.75, 3.05) is 12.4 Å². The zero-order valence-electron chi connectivity index (χ0n) is 13.2. The first-order valence-electron chi connectivity index (χ1n) is 7.41. The number of urea groups is 1. The fraction of sp³-hybridized carbons (Fsp3) is 0.278. The van der Waals surface area contributed by atoms with E-state index in [2.05, 4.69) is 16.7 Å². The Morgan fingerprint density at radius 1 is 1.18 bits per heavy atom. The van der Waals surface area contributed by atoms with Gasteiger partial charge < -0.3 is 15.4 Å². The van der Waals surface area contributed by atoms with E-state index in [-0.39, 0.29) is 12.1 Å². The van der Waals surface area contributed by atoms with Crippen molar-refractivity contribution < 1.29 is 9.53 Å². The van der Waals surface area contributed by atoms with Gasteiger partial charge in [-0.25, -0.2) is 4.79 Å². The molecule has 22 heavy (non-hydrogen) atoms. The number of methoxy groups -OCH3 is 1. The zero-order chi connectivity index (χ0) is 15.9. The molecule has 116 valence electrons. The molecule has 2 N–H and O–H groups in total. The molecule has 0 aliphatic carbocycles. The largest absolute Gasteiger partial charge is 0.496 e. The number of ether oxygens (including phenoxy) is 1. The Morgan fingerprint density at radius 2 is 1.91 bits per heavy atom. The summed E-state index contributed by atoms with van der Waals surface area (Å²) in [6.07, 6.45) is 0.813. The van der Waals surface area contributed by atoms with Gasteiger partial charge in [0.15, 0.2) is 0 Å². The number of rotatable bonds is 5. The van der Waals surface area contributed by atoms with Gasteiger partial charge in [-0.1, -0.05) is 37.3 Å². The minimum Gasteiger partial charge on any atom is -0.496 e. The van der Waals surface area contributed by atoms with Crippen molar-refractivity contribution in [1.29, 1.82) is 0 Å². The third kappa shape index (κ3) is 4.01. The topological polar surface area (TPSA) is 50.4 Å². The number of carbonyl (C=O) groups is 1. The van der Waals surface area contributed by atoms with Crippen molar-refractivity contribution in [2.24, 2.45) is 0 Å². The van der Waals surface area contributed by atoms with Gasteiger partial charge in [-0.2, -0.15) is 0 Å². The van der Waals surface area contributed by atoms with Crippen LogP contribution in [0.25, 0.3) is 0 Å².